The van der Waals surface area contributed by atoms with Crippen LogP contribution in [0.4, 0.5) is 9.59 Å². The monoisotopic (exact) mass is 496 g/mol. The molecule has 194 valence electrons. The summed E-state index contributed by atoms with van der Waals surface area (Å²) in [7, 11) is 0. The maximum atomic E-state index is 11.7. The molecule has 18 nitrogen and oxygen atoms in total. The molecule has 0 aliphatic heterocycles. The summed E-state index contributed by atoms with van der Waals surface area (Å²) >= 11 is 0. The fraction of sp³-hybridized carbons (Fsp3) is 0.750. The summed E-state index contributed by atoms with van der Waals surface area (Å²) in [4.78, 5) is 62.5. The van der Waals surface area contributed by atoms with Crippen molar-refractivity contribution in [3.63, 3.8) is 0 Å². The van der Waals surface area contributed by atoms with E-state index < -0.39 is 34.4 Å². The van der Waals surface area contributed by atoms with Gasteiger partial charge in [-0.2, -0.15) is 0 Å². The van der Waals surface area contributed by atoms with Crippen LogP contribution in [0.15, 0.2) is 0 Å². The van der Waals surface area contributed by atoms with Gasteiger partial charge in [0.1, 0.15) is 6.04 Å². The number of hydrogen-bond donors (Lipinski definition) is 5. The number of carbonyl (C=O) groups excluding carboxylic acids is 2. The number of nitrogens with zero attached hydrogens (tertiary/aromatic N) is 2. The first-order valence-electron chi connectivity index (χ1n) is 10.1. The second-order valence-corrected chi connectivity index (χ2v) is 6.40. The van der Waals surface area contributed by atoms with Gasteiger partial charge in [-0.3, -0.25) is 10.7 Å². The predicted octanol–water partition coefficient (Wildman–Crippen LogP) is 0.174. The lowest BCUT2D eigenvalue weighted by Crippen LogP contribution is -2.43. The van der Waals surface area contributed by atoms with Gasteiger partial charge in [-0.05, 0) is 38.5 Å². The molecular formula is C16H28N6O12. The third-order valence-electron chi connectivity index (χ3n) is 3.73. The topological polar surface area (TPSA) is 255 Å². The first-order chi connectivity index (χ1) is 16.1. The van der Waals surface area contributed by atoms with Gasteiger partial charge in [0.2, 0.25) is 0 Å². The van der Waals surface area contributed by atoms with Gasteiger partial charge in [-0.15, -0.1) is 20.2 Å². The Labute approximate surface area is 192 Å². The highest BCUT2D eigenvalue weighted by atomic mass is 17.0. The first-order valence-corrected chi connectivity index (χ1v) is 10.1. The number of carboxylic acids is 1. The minimum Gasteiger partial charge on any atom is -0.480 e. The van der Waals surface area contributed by atoms with Crippen LogP contribution in [-0.2, 0) is 23.9 Å². The highest BCUT2D eigenvalue weighted by Gasteiger charge is 2.20. The maximum Gasteiger partial charge on any atom is 0.413 e. The van der Waals surface area contributed by atoms with Gasteiger partial charge in [-0.1, -0.05) is 0 Å². The van der Waals surface area contributed by atoms with E-state index >= 15 is 0 Å². The largest absolute Gasteiger partial charge is 0.480 e. The summed E-state index contributed by atoms with van der Waals surface area (Å²) in [5.41, 5.74) is 0. The van der Waals surface area contributed by atoms with Crippen LogP contribution in [0.3, 0.4) is 0 Å². The van der Waals surface area contributed by atoms with Gasteiger partial charge in [0.05, 0.1) is 26.4 Å². The Morgan fingerprint density at radius 2 is 1.35 bits per heavy atom. The Hall–Kier alpha value is -4.12. The van der Waals surface area contributed by atoms with Gasteiger partial charge >= 0.3 is 18.2 Å². The molecule has 18 heteroatoms. The molecular weight excluding hydrogens is 468 g/mol. The van der Waals surface area contributed by atoms with Gasteiger partial charge in [-0.25, -0.2) is 14.4 Å². The molecule has 0 aliphatic carbocycles. The summed E-state index contributed by atoms with van der Waals surface area (Å²) in [5.74, 6) is -1.68. The van der Waals surface area contributed by atoms with Crippen molar-refractivity contribution in [3.05, 3.63) is 20.2 Å². The Bertz CT molecular complexity index is 691. The quantitative estimate of drug-likeness (QED) is 0.0558. The van der Waals surface area contributed by atoms with E-state index in [1.165, 1.54) is 0 Å². The van der Waals surface area contributed by atoms with Crippen molar-refractivity contribution < 1.29 is 48.8 Å². The molecule has 0 rings (SSSR count). The number of alkyl carbamates (subject to hydrolysis) is 2. The van der Waals surface area contributed by atoms with Crippen molar-refractivity contribution in [2.75, 3.05) is 33.0 Å². The summed E-state index contributed by atoms with van der Waals surface area (Å²) in [6.07, 6.45) is -0.476. The number of aliphatic carboxylic acids is 1. The van der Waals surface area contributed by atoms with Crippen LogP contribution < -0.4 is 16.0 Å². The lowest BCUT2D eigenvalue weighted by atomic mass is 10.1. The molecule has 1 atom stereocenters. The lowest BCUT2D eigenvalue weighted by Gasteiger charge is -2.15. The SMILES string of the molecule is N=C(NCCCC(NC(=O)OCCCCO[N+](=O)[O-])C(=O)O)NC(=O)OCCCCO[N+](=O)[O-]. The molecule has 0 aromatic rings. The molecule has 2 amide bonds. The molecule has 0 fully saturated rings. The number of unbranched alkanes of at least 4 members (excludes halogenated alkanes) is 2. The van der Waals surface area contributed by atoms with E-state index in [0.29, 0.717) is 12.8 Å². The predicted molar refractivity (Wildman–Crippen MR) is 110 cm³/mol. The van der Waals surface area contributed by atoms with Crippen molar-refractivity contribution in [2.24, 2.45) is 0 Å². The summed E-state index contributed by atoms with van der Waals surface area (Å²) in [6, 6.07) is -1.25. The molecule has 0 saturated carbocycles. The Kier molecular flexibility index (Phi) is 16.2. The van der Waals surface area contributed by atoms with E-state index in [-0.39, 0.29) is 64.6 Å². The molecule has 0 aromatic carbocycles. The smallest absolute Gasteiger partial charge is 0.413 e. The van der Waals surface area contributed by atoms with Crippen molar-refractivity contribution in [1.82, 2.24) is 16.0 Å². The third-order valence-corrected chi connectivity index (χ3v) is 3.73. The van der Waals surface area contributed by atoms with Crippen LogP contribution in [0.5, 0.6) is 0 Å². The fourth-order valence-electron chi connectivity index (χ4n) is 2.16. The molecule has 0 aromatic heterocycles. The number of nitrogens with one attached hydrogen (secondary N) is 4. The third kappa shape index (κ3) is 18.6. The van der Waals surface area contributed by atoms with Gasteiger partial charge in [0.25, 0.3) is 10.2 Å². The Morgan fingerprint density at radius 1 is 0.853 bits per heavy atom. The van der Waals surface area contributed by atoms with Crippen molar-refractivity contribution >= 4 is 24.1 Å². The highest BCUT2D eigenvalue weighted by molar-refractivity contribution is 5.91. The standard InChI is InChI=1S/C16H28N6O12/c17-14(20-16(26)32-9-2-4-11-34-22(29)30)18-7-5-6-12(13(23)24)19-15(25)31-8-1-3-10-33-21(27)28/h12H,1-11H2,(H,19,25)(H,23,24)(H3,17,18,20,26). The highest BCUT2D eigenvalue weighted by Crippen LogP contribution is 1.99. The second kappa shape index (κ2) is 18.5. The zero-order valence-electron chi connectivity index (χ0n) is 18.2. The minimum atomic E-state index is -1.29. The van der Waals surface area contributed by atoms with E-state index in [0.717, 1.165) is 0 Å². The van der Waals surface area contributed by atoms with Gasteiger partial charge in [0, 0.05) is 6.54 Å². The lowest BCUT2D eigenvalue weighted by molar-refractivity contribution is -0.757. The molecule has 0 radical (unpaired) electrons. The summed E-state index contributed by atoms with van der Waals surface area (Å²) in [6.45, 7) is -0.276. The molecule has 1 unspecified atom stereocenters. The molecule has 0 bridgehead atoms. The Morgan fingerprint density at radius 3 is 1.85 bits per heavy atom. The number of hydrogen-bond acceptors (Lipinski definition) is 12. The summed E-state index contributed by atoms with van der Waals surface area (Å²) < 4.78 is 9.57. The van der Waals surface area contributed by atoms with Crippen molar-refractivity contribution in [3.8, 4) is 0 Å². The zero-order chi connectivity index (χ0) is 25.8. The van der Waals surface area contributed by atoms with Gasteiger partial charge < -0.3 is 34.9 Å². The van der Waals surface area contributed by atoms with E-state index in [9.17, 15) is 39.7 Å². The molecule has 0 saturated heterocycles. The number of guanidine groups is 1. The van der Waals surface area contributed by atoms with Crippen molar-refractivity contribution in [1.29, 1.82) is 5.41 Å². The van der Waals surface area contributed by atoms with Gasteiger partial charge in [0.15, 0.2) is 5.96 Å². The van der Waals surface area contributed by atoms with E-state index in [1.807, 2.05) is 0 Å². The zero-order valence-corrected chi connectivity index (χ0v) is 18.2. The molecule has 5 N–H and O–H groups in total. The summed E-state index contributed by atoms with van der Waals surface area (Å²) in [5, 5.41) is 41.6. The second-order valence-electron chi connectivity index (χ2n) is 6.40. The molecule has 34 heavy (non-hydrogen) atoms. The van der Waals surface area contributed by atoms with Crippen LogP contribution in [0.25, 0.3) is 0 Å². The number of carbonyl (C=O) groups is 3. The minimum absolute atomic E-state index is 0.00193. The van der Waals surface area contributed by atoms with Crippen LogP contribution >= 0.6 is 0 Å². The number of carboxylic acid groups (broad SMARTS) is 1. The number of ether oxygens (including phenoxy) is 2. The van der Waals surface area contributed by atoms with E-state index in [4.69, 9.17) is 14.9 Å². The van der Waals surface area contributed by atoms with Crippen LogP contribution in [0.1, 0.15) is 38.5 Å². The van der Waals surface area contributed by atoms with Crippen molar-refractivity contribution in [2.45, 2.75) is 44.6 Å². The average molecular weight is 496 g/mol. The molecule has 0 heterocycles. The first kappa shape index (κ1) is 29.9. The molecule has 0 spiro atoms. The number of rotatable bonds is 18. The normalized spacial score (nSPS) is 10.8. The number of amides is 2. The Balaban J connectivity index is 3.93. The maximum absolute atomic E-state index is 11.7. The van der Waals surface area contributed by atoms with Crippen LogP contribution in [0, 0.1) is 25.6 Å². The average Bonchev–Trinajstić information content (AvgIpc) is 2.74. The van der Waals surface area contributed by atoms with E-state index in [1.54, 1.807) is 0 Å². The van der Waals surface area contributed by atoms with Crippen LogP contribution in [0.2, 0.25) is 0 Å². The fourth-order valence-corrected chi connectivity index (χ4v) is 2.16. The van der Waals surface area contributed by atoms with E-state index in [2.05, 4.69) is 25.6 Å². The van der Waals surface area contributed by atoms with Crippen LogP contribution in [-0.4, -0.2) is 78.4 Å². The molecule has 0 aliphatic rings.